The number of hydrogen-bond acceptors (Lipinski definition) is 8. The van der Waals surface area contributed by atoms with Gasteiger partial charge >= 0.3 is 6.09 Å². The van der Waals surface area contributed by atoms with Gasteiger partial charge in [0.1, 0.15) is 24.5 Å². The van der Waals surface area contributed by atoms with E-state index >= 15 is 0 Å². The Bertz CT molecular complexity index is 1960. The van der Waals surface area contributed by atoms with Gasteiger partial charge in [0.05, 0.1) is 11.1 Å². The van der Waals surface area contributed by atoms with E-state index < -0.39 is 5.60 Å². The summed E-state index contributed by atoms with van der Waals surface area (Å²) in [6.07, 6.45) is 3.36. The minimum absolute atomic E-state index is 0.196. The van der Waals surface area contributed by atoms with Crippen molar-refractivity contribution in [3.05, 3.63) is 102 Å². The molecule has 3 aromatic carbocycles. The van der Waals surface area contributed by atoms with Gasteiger partial charge in [-0.1, -0.05) is 60.7 Å². The highest BCUT2D eigenvalue weighted by molar-refractivity contribution is 5.96. The summed E-state index contributed by atoms with van der Waals surface area (Å²) in [5.74, 6) is 1.71. The zero-order chi connectivity index (χ0) is 36.8. The average Bonchev–Trinajstić information content (AvgIpc) is 3.51. The lowest BCUT2D eigenvalue weighted by molar-refractivity contribution is 0.0140. The van der Waals surface area contributed by atoms with Crippen molar-refractivity contribution in [2.24, 2.45) is 13.0 Å². The van der Waals surface area contributed by atoms with Crippen LogP contribution in [-0.4, -0.2) is 82.1 Å². The molecule has 2 aliphatic heterocycles. The van der Waals surface area contributed by atoms with Crippen molar-refractivity contribution in [2.45, 2.75) is 58.8 Å². The Hall–Kier alpha value is -5.09. The summed E-state index contributed by atoms with van der Waals surface area (Å²) in [5, 5.41) is 6.06. The highest BCUT2D eigenvalue weighted by atomic mass is 16.6. The first-order valence-electron chi connectivity index (χ1n) is 19.0. The number of hydrogen-bond donors (Lipinski definition) is 0. The van der Waals surface area contributed by atoms with Crippen LogP contribution in [0.25, 0.3) is 22.2 Å². The molecule has 1 amide bonds. The second kappa shape index (κ2) is 16.3. The summed E-state index contributed by atoms with van der Waals surface area (Å²) in [5.41, 5.74) is 5.65. The van der Waals surface area contributed by atoms with E-state index in [4.69, 9.17) is 24.3 Å². The van der Waals surface area contributed by atoms with Gasteiger partial charge in [-0.05, 0) is 87.9 Å². The van der Waals surface area contributed by atoms with Crippen LogP contribution in [0.5, 0.6) is 11.8 Å². The Labute approximate surface area is 313 Å². The van der Waals surface area contributed by atoms with Gasteiger partial charge in [0.2, 0.25) is 11.8 Å². The fourth-order valence-corrected chi connectivity index (χ4v) is 7.22. The van der Waals surface area contributed by atoms with Gasteiger partial charge in [-0.2, -0.15) is 10.1 Å². The predicted molar refractivity (Wildman–Crippen MR) is 209 cm³/mol. The van der Waals surface area contributed by atoms with E-state index in [2.05, 4.69) is 28.0 Å². The molecule has 2 aliphatic rings. The summed E-state index contributed by atoms with van der Waals surface area (Å²) in [6, 6.07) is 30.8. The van der Waals surface area contributed by atoms with E-state index in [1.807, 2.05) is 110 Å². The van der Waals surface area contributed by atoms with Crippen LogP contribution < -0.4 is 14.4 Å². The number of ether oxygens (including phenoxy) is 3. The number of aryl methyl sites for hydroxylation is 1. The summed E-state index contributed by atoms with van der Waals surface area (Å²) in [6.45, 7) is 13.0. The molecule has 0 spiro atoms. The number of amides is 1. The maximum atomic E-state index is 12.4. The molecule has 5 aromatic rings. The molecule has 10 heteroatoms. The van der Waals surface area contributed by atoms with Crippen molar-refractivity contribution in [3.8, 4) is 23.0 Å². The van der Waals surface area contributed by atoms with Crippen molar-refractivity contribution in [1.82, 2.24) is 24.6 Å². The number of anilines is 1. The van der Waals surface area contributed by atoms with E-state index in [1.165, 1.54) is 24.9 Å². The molecule has 0 unspecified atom stereocenters. The highest BCUT2D eigenvalue weighted by Crippen LogP contribution is 2.37. The van der Waals surface area contributed by atoms with Gasteiger partial charge in [0.15, 0.2) is 0 Å². The first kappa shape index (κ1) is 36.3. The number of carbonyl (C=O) groups is 1. The summed E-state index contributed by atoms with van der Waals surface area (Å²) >= 11 is 0. The lowest BCUT2D eigenvalue weighted by atomic mass is 9.93. The quantitative estimate of drug-likeness (QED) is 0.136. The van der Waals surface area contributed by atoms with Crippen LogP contribution in [0.4, 0.5) is 10.5 Å². The minimum atomic E-state index is -0.457. The summed E-state index contributed by atoms with van der Waals surface area (Å²) in [7, 11) is 2.00. The monoisotopic (exact) mass is 716 g/mol. The molecule has 2 saturated heterocycles. The second-order valence-electron chi connectivity index (χ2n) is 15.3. The molecular formula is C43H52N6O4. The van der Waals surface area contributed by atoms with Crippen LogP contribution in [0.3, 0.4) is 0 Å². The molecule has 0 atom stereocenters. The molecule has 0 aliphatic carbocycles. The highest BCUT2D eigenvalue weighted by Gasteiger charge is 2.27. The molecule has 0 N–H and O–H groups in total. The normalized spacial score (nSPS) is 15.8. The molecule has 7 rings (SSSR count). The van der Waals surface area contributed by atoms with Gasteiger partial charge in [-0.25, -0.2) is 4.79 Å². The van der Waals surface area contributed by atoms with E-state index in [9.17, 15) is 4.79 Å². The zero-order valence-electron chi connectivity index (χ0n) is 31.5. The number of benzene rings is 3. The third-order valence-corrected chi connectivity index (χ3v) is 10.2. The fourth-order valence-electron chi connectivity index (χ4n) is 7.22. The standard InChI is InChI=1S/C43H52N6O4/c1-43(2,3)53-42(50)49-27-25-47(26-28-49)22-19-32-20-23-48(24-21-32)35-15-16-36-38(29-35)46(4)45-40(36)37-17-18-39(51-30-33-11-7-5-8-12-33)44-41(37)52-31-34-13-9-6-10-14-34/h5-18,29,32H,19-28,30-31H2,1-4H3. The van der Waals surface area contributed by atoms with Crippen LogP contribution in [0.2, 0.25) is 0 Å². The largest absolute Gasteiger partial charge is 0.473 e. The van der Waals surface area contributed by atoms with Crippen molar-refractivity contribution in [1.29, 1.82) is 0 Å². The summed E-state index contributed by atoms with van der Waals surface area (Å²) in [4.78, 5) is 24.1. The molecular weight excluding hydrogens is 665 g/mol. The van der Waals surface area contributed by atoms with E-state index in [0.717, 1.165) is 79.1 Å². The molecule has 0 radical (unpaired) electrons. The van der Waals surface area contributed by atoms with Crippen LogP contribution in [0.1, 0.15) is 51.2 Å². The zero-order valence-corrected chi connectivity index (χ0v) is 31.5. The average molecular weight is 717 g/mol. The van der Waals surface area contributed by atoms with Crippen molar-refractivity contribution in [3.63, 3.8) is 0 Å². The molecule has 0 saturated carbocycles. The molecule has 0 bridgehead atoms. The van der Waals surface area contributed by atoms with Gasteiger partial charge in [0.25, 0.3) is 0 Å². The number of fused-ring (bicyclic) bond motifs is 1. The second-order valence-corrected chi connectivity index (χ2v) is 15.3. The molecule has 2 fully saturated rings. The van der Waals surface area contributed by atoms with Gasteiger partial charge in [0, 0.05) is 63.5 Å². The van der Waals surface area contributed by atoms with E-state index in [0.29, 0.717) is 30.9 Å². The van der Waals surface area contributed by atoms with Crippen LogP contribution in [0, 0.1) is 5.92 Å². The van der Waals surface area contributed by atoms with Crippen molar-refractivity contribution in [2.75, 3.05) is 50.7 Å². The smallest absolute Gasteiger partial charge is 0.410 e. The Morgan fingerprint density at radius 1 is 0.792 bits per heavy atom. The maximum absolute atomic E-state index is 12.4. The third kappa shape index (κ3) is 9.29. The first-order chi connectivity index (χ1) is 25.7. The molecule has 2 aromatic heterocycles. The number of carbonyl (C=O) groups excluding carboxylic acids is 1. The topological polar surface area (TPSA) is 85.2 Å². The van der Waals surface area contributed by atoms with Crippen LogP contribution in [0.15, 0.2) is 91.0 Å². The van der Waals surface area contributed by atoms with Gasteiger partial charge < -0.3 is 24.0 Å². The minimum Gasteiger partial charge on any atom is -0.473 e. The van der Waals surface area contributed by atoms with E-state index in [-0.39, 0.29) is 6.09 Å². The fraction of sp³-hybridized carbons (Fsp3) is 0.419. The molecule has 53 heavy (non-hydrogen) atoms. The SMILES string of the molecule is Cn1nc(-c2ccc(OCc3ccccc3)nc2OCc2ccccc2)c2ccc(N3CCC(CCN4CCN(C(=O)OC(C)(C)C)CC4)CC3)cc21. The molecule has 10 nitrogen and oxygen atoms in total. The number of nitrogens with zero attached hydrogens (tertiary/aromatic N) is 6. The number of piperazine rings is 1. The van der Waals surface area contributed by atoms with Gasteiger partial charge in [-0.3, -0.25) is 9.58 Å². The number of pyridine rings is 1. The van der Waals surface area contributed by atoms with E-state index in [1.54, 1.807) is 0 Å². The number of piperidine rings is 1. The number of aromatic nitrogens is 3. The number of rotatable bonds is 11. The van der Waals surface area contributed by atoms with Crippen molar-refractivity contribution >= 4 is 22.7 Å². The Morgan fingerprint density at radius 2 is 1.45 bits per heavy atom. The van der Waals surface area contributed by atoms with Crippen molar-refractivity contribution < 1.29 is 19.0 Å². The Balaban J connectivity index is 0.987. The third-order valence-electron chi connectivity index (χ3n) is 10.2. The Kier molecular flexibility index (Phi) is 11.1. The lowest BCUT2D eigenvalue weighted by Gasteiger charge is -2.37. The molecule has 4 heterocycles. The summed E-state index contributed by atoms with van der Waals surface area (Å²) < 4.78 is 20.0. The van der Waals surface area contributed by atoms with Gasteiger partial charge in [-0.15, -0.1) is 0 Å². The Morgan fingerprint density at radius 3 is 2.11 bits per heavy atom. The maximum Gasteiger partial charge on any atom is 0.410 e. The predicted octanol–water partition coefficient (Wildman–Crippen LogP) is 7.95. The lowest BCUT2D eigenvalue weighted by Crippen LogP contribution is -2.50. The van der Waals surface area contributed by atoms with Crippen LogP contribution in [-0.2, 0) is 25.0 Å². The first-order valence-corrected chi connectivity index (χ1v) is 19.0. The van der Waals surface area contributed by atoms with Crippen LogP contribution >= 0.6 is 0 Å². The molecule has 278 valence electrons.